The molecule has 0 aliphatic heterocycles. The van der Waals surface area contributed by atoms with Crippen molar-refractivity contribution in [3.63, 3.8) is 0 Å². The van der Waals surface area contributed by atoms with E-state index in [1.807, 2.05) is 25.2 Å². The summed E-state index contributed by atoms with van der Waals surface area (Å²) >= 11 is 6.17. The van der Waals surface area contributed by atoms with Crippen molar-refractivity contribution in [2.24, 2.45) is 7.05 Å². The molecule has 1 heterocycles. The quantitative estimate of drug-likeness (QED) is 0.904. The Balaban J connectivity index is 2.20. The highest BCUT2D eigenvalue weighted by atomic mass is 35.5. The smallest absolute Gasteiger partial charge is 0.129 e. The Kier molecular flexibility index (Phi) is 3.70. The monoisotopic (exact) mass is 303 g/mol. The van der Waals surface area contributed by atoms with Gasteiger partial charge in [0.1, 0.15) is 5.82 Å². The number of rotatable bonds is 3. The van der Waals surface area contributed by atoms with Crippen molar-refractivity contribution in [2.45, 2.75) is 44.4 Å². The zero-order valence-electron chi connectivity index (χ0n) is 12.7. The number of anilines is 1. The predicted octanol–water partition coefficient (Wildman–Crippen LogP) is 4.54. The first kappa shape index (κ1) is 14.5. The summed E-state index contributed by atoms with van der Waals surface area (Å²) in [6.07, 6.45) is 6.07. The lowest BCUT2D eigenvalue weighted by atomic mass is 9.77. The van der Waals surface area contributed by atoms with Crippen LogP contribution in [0, 0.1) is 0 Å². The fourth-order valence-electron chi connectivity index (χ4n) is 3.65. The Morgan fingerprint density at radius 2 is 2.05 bits per heavy atom. The molecule has 0 spiro atoms. The highest BCUT2D eigenvalue weighted by Crippen LogP contribution is 2.48. The maximum absolute atomic E-state index is 6.32. The third-order valence-corrected chi connectivity index (χ3v) is 5.18. The third kappa shape index (κ3) is 2.34. The molecule has 3 nitrogen and oxygen atoms in total. The van der Waals surface area contributed by atoms with E-state index in [0.29, 0.717) is 0 Å². The Morgan fingerprint density at radius 3 is 2.67 bits per heavy atom. The van der Waals surface area contributed by atoms with Gasteiger partial charge < -0.3 is 5.73 Å². The molecule has 21 heavy (non-hydrogen) atoms. The lowest BCUT2D eigenvalue weighted by Crippen LogP contribution is -2.22. The minimum absolute atomic E-state index is 0.174. The minimum Gasteiger partial charge on any atom is -0.383 e. The van der Waals surface area contributed by atoms with Crippen LogP contribution in [0.3, 0.4) is 0 Å². The van der Waals surface area contributed by atoms with Crippen molar-refractivity contribution in [3.05, 3.63) is 35.0 Å². The summed E-state index contributed by atoms with van der Waals surface area (Å²) in [6, 6.07) is 7.92. The molecular formula is C17H22ClN3. The van der Waals surface area contributed by atoms with Gasteiger partial charge in [0.05, 0.1) is 5.69 Å². The van der Waals surface area contributed by atoms with Crippen molar-refractivity contribution in [1.29, 1.82) is 0 Å². The Bertz CT molecular complexity index is 654. The van der Waals surface area contributed by atoms with Crippen LogP contribution in [0.15, 0.2) is 24.3 Å². The molecular weight excluding hydrogens is 282 g/mol. The van der Waals surface area contributed by atoms with E-state index in [1.54, 1.807) is 4.68 Å². The molecule has 4 heteroatoms. The predicted molar refractivity (Wildman–Crippen MR) is 88.5 cm³/mol. The van der Waals surface area contributed by atoms with Gasteiger partial charge in [0.15, 0.2) is 0 Å². The van der Waals surface area contributed by atoms with Crippen molar-refractivity contribution in [3.8, 4) is 11.1 Å². The fraction of sp³-hybridized carbons (Fsp3) is 0.471. The number of halogens is 1. The second-order valence-corrected chi connectivity index (χ2v) is 6.52. The van der Waals surface area contributed by atoms with Crippen molar-refractivity contribution >= 4 is 17.4 Å². The van der Waals surface area contributed by atoms with Gasteiger partial charge >= 0.3 is 0 Å². The standard InChI is InChI=1S/C17H22ClN3/c1-3-17(9-4-5-10-17)15-14(16(19)21(2)20-15)12-7-6-8-13(18)11-12/h6-8,11H,3-5,9-10,19H2,1-2H3. The molecule has 3 rings (SSSR count). The molecule has 0 bridgehead atoms. The van der Waals surface area contributed by atoms with Crippen LogP contribution < -0.4 is 5.73 Å². The normalized spacial score (nSPS) is 17.3. The number of nitrogen functional groups attached to an aromatic ring is 1. The van der Waals surface area contributed by atoms with Gasteiger partial charge in [0, 0.05) is 23.0 Å². The second kappa shape index (κ2) is 5.38. The molecule has 2 aromatic rings. The number of hydrogen-bond donors (Lipinski definition) is 1. The maximum atomic E-state index is 6.32. The van der Waals surface area contributed by atoms with Gasteiger partial charge in [-0.15, -0.1) is 0 Å². The van der Waals surface area contributed by atoms with E-state index in [1.165, 1.54) is 25.7 Å². The molecule has 0 amide bonds. The van der Waals surface area contributed by atoms with Crippen LogP contribution in [-0.2, 0) is 12.5 Å². The van der Waals surface area contributed by atoms with Gasteiger partial charge in [0.2, 0.25) is 0 Å². The third-order valence-electron chi connectivity index (χ3n) is 4.94. The molecule has 1 aromatic heterocycles. The lowest BCUT2D eigenvalue weighted by molar-refractivity contribution is 0.408. The zero-order valence-corrected chi connectivity index (χ0v) is 13.5. The Labute approximate surface area is 131 Å². The van der Waals surface area contributed by atoms with Crippen molar-refractivity contribution < 1.29 is 0 Å². The summed E-state index contributed by atoms with van der Waals surface area (Å²) < 4.78 is 1.81. The van der Waals surface area contributed by atoms with Crippen LogP contribution in [-0.4, -0.2) is 9.78 Å². The van der Waals surface area contributed by atoms with Crippen LogP contribution in [0.4, 0.5) is 5.82 Å². The second-order valence-electron chi connectivity index (χ2n) is 6.08. The van der Waals surface area contributed by atoms with Crippen LogP contribution in [0.5, 0.6) is 0 Å². The molecule has 1 aliphatic rings. The first-order chi connectivity index (χ1) is 10.1. The summed E-state index contributed by atoms with van der Waals surface area (Å²) in [7, 11) is 1.92. The van der Waals surface area contributed by atoms with E-state index in [9.17, 15) is 0 Å². The molecule has 1 aliphatic carbocycles. The van der Waals surface area contributed by atoms with Crippen LogP contribution in [0.25, 0.3) is 11.1 Å². The van der Waals surface area contributed by atoms with E-state index in [-0.39, 0.29) is 5.41 Å². The topological polar surface area (TPSA) is 43.8 Å². The molecule has 2 N–H and O–H groups in total. The van der Waals surface area contributed by atoms with Gasteiger partial charge in [-0.1, -0.05) is 43.5 Å². The van der Waals surface area contributed by atoms with E-state index in [4.69, 9.17) is 22.4 Å². The first-order valence-corrected chi connectivity index (χ1v) is 8.04. The van der Waals surface area contributed by atoms with E-state index >= 15 is 0 Å². The molecule has 112 valence electrons. The number of aromatic nitrogens is 2. The van der Waals surface area contributed by atoms with E-state index < -0.39 is 0 Å². The maximum Gasteiger partial charge on any atom is 0.129 e. The molecule has 0 unspecified atom stereocenters. The summed E-state index contributed by atoms with van der Waals surface area (Å²) in [5, 5.41) is 5.52. The molecule has 1 aromatic carbocycles. The van der Waals surface area contributed by atoms with Gasteiger partial charge in [-0.3, -0.25) is 4.68 Å². The van der Waals surface area contributed by atoms with E-state index in [2.05, 4.69) is 13.0 Å². The summed E-state index contributed by atoms with van der Waals surface area (Å²) in [5.41, 5.74) is 9.80. The minimum atomic E-state index is 0.174. The number of nitrogens with two attached hydrogens (primary N) is 1. The van der Waals surface area contributed by atoms with Crippen LogP contribution >= 0.6 is 11.6 Å². The van der Waals surface area contributed by atoms with Crippen LogP contribution in [0.2, 0.25) is 5.02 Å². The van der Waals surface area contributed by atoms with Gasteiger partial charge in [-0.05, 0) is 37.0 Å². The van der Waals surface area contributed by atoms with Crippen molar-refractivity contribution in [2.75, 3.05) is 5.73 Å². The number of benzene rings is 1. The van der Waals surface area contributed by atoms with Gasteiger partial charge in [0.25, 0.3) is 0 Å². The largest absolute Gasteiger partial charge is 0.383 e. The highest BCUT2D eigenvalue weighted by molar-refractivity contribution is 6.30. The number of nitrogens with zero attached hydrogens (tertiary/aromatic N) is 2. The van der Waals surface area contributed by atoms with Gasteiger partial charge in [-0.2, -0.15) is 5.10 Å². The Hall–Kier alpha value is -1.48. The molecule has 1 saturated carbocycles. The molecule has 1 fully saturated rings. The first-order valence-electron chi connectivity index (χ1n) is 7.66. The van der Waals surface area contributed by atoms with Crippen LogP contribution in [0.1, 0.15) is 44.7 Å². The van der Waals surface area contributed by atoms with Crippen molar-refractivity contribution in [1.82, 2.24) is 9.78 Å². The zero-order chi connectivity index (χ0) is 15.0. The number of aryl methyl sites for hydroxylation is 1. The SMILES string of the molecule is CCC1(c2nn(C)c(N)c2-c2cccc(Cl)c2)CCCC1. The van der Waals surface area contributed by atoms with Gasteiger partial charge in [-0.25, -0.2) is 0 Å². The molecule has 0 atom stereocenters. The average Bonchev–Trinajstić information content (AvgIpc) is 3.06. The summed E-state index contributed by atoms with van der Waals surface area (Å²) in [4.78, 5) is 0. The fourth-order valence-corrected chi connectivity index (χ4v) is 3.84. The highest BCUT2D eigenvalue weighted by Gasteiger charge is 2.39. The molecule has 0 radical (unpaired) electrons. The average molecular weight is 304 g/mol. The molecule has 0 saturated heterocycles. The van der Waals surface area contributed by atoms with E-state index in [0.717, 1.165) is 34.1 Å². The summed E-state index contributed by atoms with van der Waals surface area (Å²) in [6.45, 7) is 2.26. The lowest BCUT2D eigenvalue weighted by Gasteiger charge is -2.26. The summed E-state index contributed by atoms with van der Waals surface area (Å²) in [5.74, 6) is 0.729. The number of hydrogen-bond acceptors (Lipinski definition) is 2. The Morgan fingerprint density at radius 1 is 1.33 bits per heavy atom.